The minimum Gasteiger partial charge on any atom is -0.634 e. The van der Waals surface area contributed by atoms with E-state index in [1.54, 1.807) is 24.3 Å². The minimum atomic E-state index is -0.648. The van der Waals surface area contributed by atoms with Gasteiger partial charge in [-0.05, 0) is 19.1 Å². The van der Waals surface area contributed by atoms with Crippen LogP contribution < -0.4 is 10.1 Å². The summed E-state index contributed by atoms with van der Waals surface area (Å²) in [7, 11) is 3.03. The van der Waals surface area contributed by atoms with Crippen LogP contribution in [-0.4, -0.2) is 19.6 Å². The highest BCUT2D eigenvalue weighted by molar-refractivity contribution is 5.28. The fourth-order valence-corrected chi connectivity index (χ4v) is 1.27. The standard InChI is InChI=1S/C10H16N2O2/c1-10(12(3)14)7-5-4-6-9(8-10)11(2)13/h4-8,11-12H,1-3H3. The van der Waals surface area contributed by atoms with Crippen LogP contribution in [0.25, 0.3) is 0 Å². The molecule has 0 amide bonds. The molecule has 78 valence electrons. The Morgan fingerprint density at radius 1 is 1.21 bits per heavy atom. The molecule has 4 heteroatoms. The van der Waals surface area contributed by atoms with E-state index in [-0.39, 0.29) is 10.1 Å². The van der Waals surface area contributed by atoms with Crippen LogP contribution in [0.15, 0.2) is 36.1 Å². The highest BCUT2D eigenvalue weighted by atomic mass is 16.5. The Bertz CT molecular complexity index is 292. The molecule has 0 aromatic carbocycles. The second-order valence-electron chi connectivity index (χ2n) is 3.71. The van der Waals surface area contributed by atoms with Gasteiger partial charge in [0.15, 0.2) is 0 Å². The van der Waals surface area contributed by atoms with Crippen LogP contribution in [-0.2, 0) is 0 Å². The summed E-state index contributed by atoms with van der Waals surface area (Å²) in [5, 5.41) is 22.6. The number of nitrogens with one attached hydrogen (secondary N) is 2. The van der Waals surface area contributed by atoms with Gasteiger partial charge in [-0.3, -0.25) is 0 Å². The predicted octanol–water partition coefficient (Wildman–Crippen LogP) is -1.22. The quantitative estimate of drug-likeness (QED) is 0.544. The first-order chi connectivity index (χ1) is 6.46. The van der Waals surface area contributed by atoms with Crippen molar-refractivity contribution in [3.8, 4) is 0 Å². The van der Waals surface area contributed by atoms with Crippen molar-refractivity contribution in [1.29, 1.82) is 0 Å². The van der Waals surface area contributed by atoms with Crippen LogP contribution in [0.3, 0.4) is 0 Å². The Morgan fingerprint density at radius 3 is 2.36 bits per heavy atom. The van der Waals surface area contributed by atoms with Gasteiger partial charge in [-0.1, -0.05) is 12.2 Å². The number of quaternary nitrogens is 2. The lowest BCUT2D eigenvalue weighted by atomic mass is 10.0. The summed E-state index contributed by atoms with van der Waals surface area (Å²) in [4.78, 5) is 0. The first-order valence-corrected chi connectivity index (χ1v) is 4.56. The van der Waals surface area contributed by atoms with Gasteiger partial charge >= 0.3 is 0 Å². The molecule has 0 spiro atoms. The molecule has 1 rings (SSSR count). The maximum Gasteiger partial charge on any atom is 0.138 e. The Labute approximate surface area is 84.0 Å². The first kappa shape index (κ1) is 11.1. The molecule has 0 aliphatic heterocycles. The number of hydroxylamine groups is 4. The molecule has 2 N–H and O–H groups in total. The molecule has 1 aliphatic rings. The van der Waals surface area contributed by atoms with Gasteiger partial charge in [0, 0.05) is 6.08 Å². The summed E-state index contributed by atoms with van der Waals surface area (Å²) in [6, 6.07) is 0. The van der Waals surface area contributed by atoms with E-state index in [0.717, 1.165) is 0 Å². The maximum absolute atomic E-state index is 11.4. The zero-order valence-electron chi connectivity index (χ0n) is 8.70. The molecule has 3 unspecified atom stereocenters. The number of rotatable bonds is 2. The lowest BCUT2D eigenvalue weighted by Crippen LogP contribution is -3.12. The zero-order chi connectivity index (χ0) is 10.8. The third kappa shape index (κ3) is 2.30. The molecule has 0 bridgehead atoms. The number of hydrogen-bond donors (Lipinski definition) is 2. The van der Waals surface area contributed by atoms with Gasteiger partial charge in [-0.25, -0.2) is 0 Å². The van der Waals surface area contributed by atoms with E-state index >= 15 is 0 Å². The van der Waals surface area contributed by atoms with Gasteiger partial charge < -0.3 is 20.5 Å². The van der Waals surface area contributed by atoms with Crippen LogP contribution in [0.5, 0.6) is 0 Å². The molecular weight excluding hydrogens is 180 g/mol. The number of allylic oxidation sites excluding steroid dienone is 3. The fraction of sp³-hybridized carbons (Fsp3) is 0.400. The van der Waals surface area contributed by atoms with Gasteiger partial charge in [0.2, 0.25) is 0 Å². The molecule has 4 nitrogen and oxygen atoms in total. The summed E-state index contributed by atoms with van der Waals surface area (Å²) in [5.74, 6) is 0. The van der Waals surface area contributed by atoms with Gasteiger partial charge in [0.05, 0.1) is 14.1 Å². The van der Waals surface area contributed by atoms with E-state index in [9.17, 15) is 10.4 Å². The van der Waals surface area contributed by atoms with Crippen molar-refractivity contribution in [2.75, 3.05) is 14.1 Å². The third-order valence-electron chi connectivity index (χ3n) is 2.45. The summed E-state index contributed by atoms with van der Waals surface area (Å²) < 4.78 is 0. The lowest BCUT2D eigenvalue weighted by Gasteiger charge is -2.33. The van der Waals surface area contributed by atoms with E-state index in [1.807, 2.05) is 13.0 Å². The zero-order valence-corrected chi connectivity index (χ0v) is 8.70. The topological polar surface area (TPSA) is 55.0 Å². The molecule has 0 heterocycles. The van der Waals surface area contributed by atoms with Crippen molar-refractivity contribution >= 4 is 0 Å². The average Bonchev–Trinajstić information content (AvgIpc) is 2.28. The van der Waals surface area contributed by atoms with E-state index in [2.05, 4.69) is 0 Å². The minimum absolute atomic E-state index is 0.0163. The van der Waals surface area contributed by atoms with Gasteiger partial charge in [-0.2, -0.15) is 0 Å². The van der Waals surface area contributed by atoms with E-state index < -0.39 is 5.54 Å². The SMILES string of the molecule is C[NH+]([O-])C1=CC(C)([NH+](C)[O-])C=CC=C1. The second-order valence-corrected chi connectivity index (χ2v) is 3.71. The molecule has 0 saturated carbocycles. The molecule has 0 aromatic heterocycles. The van der Waals surface area contributed by atoms with Crippen LogP contribution in [0.1, 0.15) is 6.92 Å². The normalized spacial score (nSPS) is 30.8. The number of likely N-dealkylation sites (N-methyl/N-ethyl adjacent to an activating group) is 2. The van der Waals surface area contributed by atoms with Crippen molar-refractivity contribution < 1.29 is 10.1 Å². The van der Waals surface area contributed by atoms with Crippen LogP contribution in [0.2, 0.25) is 0 Å². The van der Waals surface area contributed by atoms with E-state index in [4.69, 9.17) is 0 Å². The summed E-state index contributed by atoms with van der Waals surface area (Å²) >= 11 is 0. The van der Waals surface area contributed by atoms with Gasteiger partial charge in [-0.15, -0.1) is 0 Å². The van der Waals surface area contributed by atoms with Gasteiger partial charge in [0.25, 0.3) is 0 Å². The molecular formula is C10H16N2O2. The van der Waals surface area contributed by atoms with Crippen molar-refractivity contribution in [3.63, 3.8) is 0 Å². The first-order valence-electron chi connectivity index (χ1n) is 4.56. The summed E-state index contributed by atoms with van der Waals surface area (Å²) in [6.45, 7) is 1.81. The van der Waals surface area contributed by atoms with E-state index in [1.165, 1.54) is 14.1 Å². The summed E-state index contributed by atoms with van der Waals surface area (Å²) in [5.41, 5.74) is -0.0578. The predicted molar refractivity (Wildman–Crippen MR) is 55.3 cm³/mol. The Kier molecular flexibility index (Phi) is 3.23. The summed E-state index contributed by atoms with van der Waals surface area (Å²) in [6.07, 6.45) is 8.84. The molecule has 0 fully saturated rings. The van der Waals surface area contributed by atoms with Crippen molar-refractivity contribution in [2.24, 2.45) is 0 Å². The molecule has 3 atom stereocenters. The van der Waals surface area contributed by atoms with Gasteiger partial charge in [0.1, 0.15) is 11.2 Å². The molecule has 0 aromatic rings. The fourth-order valence-electron chi connectivity index (χ4n) is 1.27. The van der Waals surface area contributed by atoms with E-state index in [0.29, 0.717) is 5.70 Å². The molecule has 1 aliphatic carbocycles. The lowest BCUT2D eigenvalue weighted by molar-refractivity contribution is -0.867. The largest absolute Gasteiger partial charge is 0.634 e. The smallest absolute Gasteiger partial charge is 0.138 e. The molecule has 0 saturated heterocycles. The average molecular weight is 196 g/mol. The monoisotopic (exact) mass is 196 g/mol. The Balaban J connectivity index is 3.05. The van der Waals surface area contributed by atoms with Crippen molar-refractivity contribution in [1.82, 2.24) is 0 Å². The highest BCUT2D eigenvalue weighted by Crippen LogP contribution is 2.09. The third-order valence-corrected chi connectivity index (χ3v) is 2.45. The van der Waals surface area contributed by atoms with Crippen LogP contribution in [0.4, 0.5) is 0 Å². The Morgan fingerprint density at radius 2 is 1.86 bits per heavy atom. The highest BCUT2D eigenvalue weighted by Gasteiger charge is 2.25. The Hall–Kier alpha value is -0.940. The second kappa shape index (κ2) is 4.06. The van der Waals surface area contributed by atoms with Crippen molar-refractivity contribution in [2.45, 2.75) is 12.5 Å². The van der Waals surface area contributed by atoms with Crippen LogP contribution in [0, 0.1) is 10.4 Å². The van der Waals surface area contributed by atoms with Crippen LogP contribution >= 0.6 is 0 Å². The maximum atomic E-state index is 11.4. The molecule has 0 radical (unpaired) electrons. The number of hydrogen-bond acceptors (Lipinski definition) is 2. The molecule has 14 heavy (non-hydrogen) atoms. The van der Waals surface area contributed by atoms with Crippen molar-refractivity contribution in [3.05, 3.63) is 46.5 Å².